The van der Waals surface area contributed by atoms with Crippen molar-refractivity contribution in [1.29, 1.82) is 0 Å². The van der Waals surface area contributed by atoms with Gasteiger partial charge in [0.2, 0.25) is 0 Å². The van der Waals surface area contributed by atoms with Crippen molar-refractivity contribution in [3.63, 3.8) is 0 Å². The molecule has 1 amide bonds. The lowest BCUT2D eigenvalue weighted by atomic mass is 10.00. The molecule has 0 radical (unpaired) electrons. The molecule has 0 unspecified atom stereocenters. The first-order valence-corrected chi connectivity index (χ1v) is 8.89. The molecule has 0 N–H and O–H groups in total. The Labute approximate surface area is 144 Å². The van der Waals surface area contributed by atoms with Crippen LogP contribution in [0.4, 0.5) is 0 Å². The largest absolute Gasteiger partial charge is 0.496 e. The van der Waals surface area contributed by atoms with Gasteiger partial charge in [0, 0.05) is 37.8 Å². The predicted molar refractivity (Wildman–Crippen MR) is 93.8 cm³/mol. The number of carbonyl (C=O) groups excluding carboxylic acids is 1. The zero-order valence-electron chi connectivity index (χ0n) is 15.0. The molecule has 24 heavy (non-hydrogen) atoms. The molecule has 1 atom stereocenters. The maximum atomic E-state index is 12.9. The molecule has 5 heteroatoms. The second-order valence-electron chi connectivity index (χ2n) is 6.95. The Balaban J connectivity index is 1.68. The third-order valence-corrected chi connectivity index (χ3v) is 5.12. The Morgan fingerprint density at radius 3 is 2.67 bits per heavy atom. The number of carbonyl (C=O) groups is 1. The molecule has 2 heterocycles. The molecule has 5 nitrogen and oxygen atoms in total. The van der Waals surface area contributed by atoms with Gasteiger partial charge in [0.05, 0.1) is 20.3 Å². The van der Waals surface area contributed by atoms with Crippen molar-refractivity contribution in [3.8, 4) is 5.75 Å². The molecule has 0 aliphatic carbocycles. The summed E-state index contributed by atoms with van der Waals surface area (Å²) in [5.41, 5.74) is 1.86. The summed E-state index contributed by atoms with van der Waals surface area (Å²) in [5.74, 6) is 1.29. The number of rotatable bonds is 4. The Morgan fingerprint density at radius 2 is 2.00 bits per heavy atom. The molecule has 0 spiro atoms. The van der Waals surface area contributed by atoms with Crippen LogP contribution in [0.15, 0.2) is 18.2 Å². The van der Waals surface area contributed by atoms with Crippen molar-refractivity contribution in [2.75, 3.05) is 46.5 Å². The molecule has 132 valence electrons. The Bertz CT molecular complexity index is 582. The number of amides is 1. The van der Waals surface area contributed by atoms with Crippen LogP contribution in [0.1, 0.15) is 42.1 Å². The third kappa shape index (κ3) is 3.57. The minimum absolute atomic E-state index is 0.111. The summed E-state index contributed by atoms with van der Waals surface area (Å²) in [6.45, 7) is 9.46. The predicted octanol–water partition coefficient (Wildman–Crippen LogP) is 2.37. The fraction of sp³-hybridized carbons (Fsp3) is 0.632. The van der Waals surface area contributed by atoms with Crippen molar-refractivity contribution in [1.82, 2.24) is 9.80 Å². The highest BCUT2D eigenvalue weighted by Crippen LogP contribution is 2.28. The highest BCUT2D eigenvalue weighted by atomic mass is 16.5. The van der Waals surface area contributed by atoms with Crippen LogP contribution in [0, 0.1) is 0 Å². The summed E-state index contributed by atoms with van der Waals surface area (Å²) in [5, 5.41) is 0. The molecule has 0 saturated carbocycles. The maximum absolute atomic E-state index is 12.9. The quantitative estimate of drug-likeness (QED) is 0.849. The second-order valence-corrected chi connectivity index (χ2v) is 6.95. The third-order valence-electron chi connectivity index (χ3n) is 5.12. The summed E-state index contributed by atoms with van der Waals surface area (Å²) in [4.78, 5) is 17.3. The summed E-state index contributed by atoms with van der Waals surface area (Å²) < 4.78 is 10.9. The van der Waals surface area contributed by atoms with Crippen molar-refractivity contribution >= 4 is 5.91 Å². The van der Waals surface area contributed by atoms with E-state index in [0.29, 0.717) is 12.0 Å². The van der Waals surface area contributed by atoms with Gasteiger partial charge in [-0.15, -0.1) is 0 Å². The van der Waals surface area contributed by atoms with Crippen LogP contribution in [0.5, 0.6) is 5.75 Å². The van der Waals surface area contributed by atoms with E-state index in [1.54, 1.807) is 7.11 Å². The van der Waals surface area contributed by atoms with Crippen molar-refractivity contribution < 1.29 is 14.3 Å². The van der Waals surface area contributed by atoms with Crippen LogP contribution < -0.4 is 4.74 Å². The van der Waals surface area contributed by atoms with E-state index in [-0.39, 0.29) is 5.91 Å². The van der Waals surface area contributed by atoms with Crippen LogP contribution >= 0.6 is 0 Å². The van der Waals surface area contributed by atoms with Gasteiger partial charge >= 0.3 is 0 Å². The second kappa shape index (κ2) is 7.53. The highest BCUT2D eigenvalue weighted by Gasteiger charge is 2.31. The molecule has 2 aliphatic heterocycles. The lowest BCUT2D eigenvalue weighted by Crippen LogP contribution is -2.45. The first-order chi connectivity index (χ1) is 11.6. The molecule has 0 aromatic heterocycles. The zero-order chi connectivity index (χ0) is 17.1. The van der Waals surface area contributed by atoms with E-state index in [4.69, 9.17) is 9.47 Å². The van der Waals surface area contributed by atoms with Crippen LogP contribution in [0.25, 0.3) is 0 Å². The average molecular weight is 332 g/mol. The van der Waals surface area contributed by atoms with Crippen LogP contribution in [-0.2, 0) is 4.74 Å². The molecule has 0 bridgehead atoms. The minimum Gasteiger partial charge on any atom is -0.496 e. The Kier molecular flexibility index (Phi) is 5.41. The summed E-state index contributed by atoms with van der Waals surface area (Å²) in [6.07, 6.45) is 1.05. The topological polar surface area (TPSA) is 42.0 Å². The number of benzene rings is 1. The zero-order valence-corrected chi connectivity index (χ0v) is 15.0. The van der Waals surface area contributed by atoms with Crippen molar-refractivity contribution in [3.05, 3.63) is 29.3 Å². The molecule has 2 aliphatic rings. The van der Waals surface area contributed by atoms with E-state index in [2.05, 4.69) is 18.7 Å². The standard InChI is InChI=1S/C19H28N2O3/c1-14(2)17-5-4-15(12-18(17)23-3)19(22)21-7-6-16(13-21)20-8-10-24-11-9-20/h4-5,12,14,16H,6-11,13H2,1-3H3/t16-/m1/s1. The smallest absolute Gasteiger partial charge is 0.254 e. The first-order valence-electron chi connectivity index (χ1n) is 8.89. The number of methoxy groups -OCH3 is 1. The van der Waals surface area contributed by atoms with Crippen molar-refractivity contribution in [2.45, 2.75) is 32.2 Å². The number of likely N-dealkylation sites (tertiary alicyclic amines) is 1. The summed E-state index contributed by atoms with van der Waals surface area (Å²) in [6, 6.07) is 6.31. The van der Waals surface area contributed by atoms with Crippen molar-refractivity contribution in [2.24, 2.45) is 0 Å². The summed E-state index contributed by atoms with van der Waals surface area (Å²) in [7, 11) is 1.67. The number of morpholine rings is 1. The van der Waals surface area contributed by atoms with Gasteiger partial charge in [-0.3, -0.25) is 9.69 Å². The molecule has 2 saturated heterocycles. The number of hydrogen-bond acceptors (Lipinski definition) is 4. The molecular weight excluding hydrogens is 304 g/mol. The van der Waals surface area contributed by atoms with Gasteiger partial charge in [-0.2, -0.15) is 0 Å². The van der Waals surface area contributed by atoms with Gasteiger partial charge in [0.1, 0.15) is 5.75 Å². The Hall–Kier alpha value is -1.59. The fourth-order valence-electron chi connectivity index (χ4n) is 3.67. The van der Waals surface area contributed by atoms with E-state index < -0.39 is 0 Å². The van der Waals surface area contributed by atoms with E-state index in [1.165, 1.54) is 0 Å². The van der Waals surface area contributed by atoms with E-state index >= 15 is 0 Å². The summed E-state index contributed by atoms with van der Waals surface area (Å²) >= 11 is 0. The number of nitrogens with zero attached hydrogens (tertiary/aromatic N) is 2. The molecule has 2 fully saturated rings. The van der Waals surface area contributed by atoms with Crippen LogP contribution in [-0.4, -0.2) is 68.3 Å². The minimum atomic E-state index is 0.111. The van der Waals surface area contributed by atoms with Gasteiger partial charge in [0.15, 0.2) is 0 Å². The SMILES string of the molecule is COc1cc(C(=O)N2CC[C@@H](N3CCOCC3)C2)ccc1C(C)C. The molecule has 3 rings (SSSR count). The average Bonchev–Trinajstić information content (AvgIpc) is 3.11. The lowest BCUT2D eigenvalue weighted by Gasteiger charge is -2.32. The first kappa shape index (κ1) is 17.2. The van der Waals surface area contributed by atoms with Gasteiger partial charge in [-0.25, -0.2) is 0 Å². The van der Waals surface area contributed by atoms with Gasteiger partial charge in [0.25, 0.3) is 5.91 Å². The highest BCUT2D eigenvalue weighted by molar-refractivity contribution is 5.95. The van der Waals surface area contributed by atoms with E-state index in [1.807, 2.05) is 23.1 Å². The maximum Gasteiger partial charge on any atom is 0.254 e. The van der Waals surface area contributed by atoms with E-state index in [9.17, 15) is 4.79 Å². The fourth-order valence-corrected chi connectivity index (χ4v) is 3.67. The molecular formula is C19H28N2O3. The van der Waals surface area contributed by atoms with E-state index in [0.717, 1.165) is 62.7 Å². The van der Waals surface area contributed by atoms with Crippen LogP contribution in [0.2, 0.25) is 0 Å². The number of ether oxygens (including phenoxy) is 2. The van der Waals surface area contributed by atoms with Gasteiger partial charge in [-0.1, -0.05) is 19.9 Å². The van der Waals surface area contributed by atoms with Gasteiger partial charge in [-0.05, 0) is 30.0 Å². The Morgan fingerprint density at radius 1 is 1.25 bits per heavy atom. The monoisotopic (exact) mass is 332 g/mol. The number of hydrogen-bond donors (Lipinski definition) is 0. The van der Waals surface area contributed by atoms with Crippen LogP contribution in [0.3, 0.4) is 0 Å². The lowest BCUT2D eigenvalue weighted by molar-refractivity contribution is 0.0185. The normalized spacial score (nSPS) is 22.2. The molecule has 1 aromatic rings. The van der Waals surface area contributed by atoms with Gasteiger partial charge < -0.3 is 14.4 Å². The molecule has 1 aromatic carbocycles.